The standard InChI is InChI=1S/C25H29N3O2S/c1-16-13-14-22(17(2)15-16)28-24(30)20-11-7-8-12-21(20)27-25(28)31-18(3)23(29)26-19-9-5-4-6-10-19/h7-8,11-15,18-19H,4-6,9-10H2,1-3H3,(H,26,29). The Morgan fingerprint density at radius 3 is 2.61 bits per heavy atom. The van der Waals surface area contributed by atoms with Crippen molar-refractivity contribution in [1.82, 2.24) is 14.9 Å². The van der Waals surface area contributed by atoms with Gasteiger partial charge in [-0.3, -0.25) is 14.2 Å². The third-order valence-corrected chi connectivity index (χ3v) is 6.99. The predicted octanol–water partition coefficient (Wildman–Crippen LogP) is 4.93. The second kappa shape index (κ2) is 9.27. The molecule has 6 heteroatoms. The summed E-state index contributed by atoms with van der Waals surface area (Å²) in [5.74, 6) is 0.00601. The third-order valence-electron chi connectivity index (χ3n) is 5.94. The summed E-state index contributed by atoms with van der Waals surface area (Å²) in [6.07, 6.45) is 5.69. The zero-order chi connectivity index (χ0) is 22.0. The van der Waals surface area contributed by atoms with E-state index in [1.165, 1.54) is 31.0 Å². The molecule has 1 atom stereocenters. The van der Waals surface area contributed by atoms with Gasteiger partial charge in [-0.1, -0.05) is 60.9 Å². The monoisotopic (exact) mass is 435 g/mol. The molecule has 5 nitrogen and oxygen atoms in total. The van der Waals surface area contributed by atoms with Crippen LogP contribution in [-0.4, -0.2) is 26.8 Å². The summed E-state index contributed by atoms with van der Waals surface area (Å²) in [6, 6.07) is 13.7. The van der Waals surface area contributed by atoms with E-state index >= 15 is 0 Å². The fourth-order valence-electron chi connectivity index (χ4n) is 4.24. The topological polar surface area (TPSA) is 64.0 Å². The highest BCUT2D eigenvalue weighted by atomic mass is 32.2. The number of nitrogens with zero attached hydrogens (tertiary/aromatic N) is 2. The van der Waals surface area contributed by atoms with Crippen LogP contribution in [0.25, 0.3) is 16.6 Å². The molecule has 3 aromatic rings. The van der Waals surface area contributed by atoms with E-state index in [9.17, 15) is 9.59 Å². The zero-order valence-electron chi connectivity index (χ0n) is 18.4. The van der Waals surface area contributed by atoms with Gasteiger partial charge in [0.05, 0.1) is 21.8 Å². The number of benzene rings is 2. The third kappa shape index (κ3) is 4.69. The van der Waals surface area contributed by atoms with E-state index < -0.39 is 0 Å². The van der Waals surface area contributed by atoms with Gasteiger partial charge in [0.25, 0.3) is 5.56 Å². The molecule has 162 valence electrons. The molecule has 0 aliphatic heterocycles. The second-order valence-corrected chi connectivity index (χ2v) is 9.75. The van der Waals surface area contributed by atoms with Gasteiger partial charge in [-0.15, -0.1) is 0 Å². The summed E-state index contributed by atoms with van der Waals surface area (Å²) in [4.78, 5) is 31.1. The van der Waals surface area contributed by atoms with Crippen molar-refractivity contribution in [2.75, 3.05) is 0 Å². The minimum Gasteiger partial charge on any atom is -0.352 e. The Morgan fingerprint density at radius 1 is 1.13 bits per heavy atom. The molecule has 1 N–H and O–H groups in total. The lowest BCUT2D eigenvalue weighted by Crippen LogP contribution is -2.40. The number of aryl methyl sites for hydroxylation is 2. The second-order valence-electron chi connectivity index (χ2n) is 8.45. The molecule has 2 aromatic carbocycles. The largest absolute Gasteiger partial charge is 0.352 e. The van der Waals surface area contributed by atoms with Gasteiger partial charge in [-0.05, 0) is 57.4 Å². The molecular weight excluding hydrogens is 406 g/mol. The minimum absolute atomic E-state index is 0.00601. The van der Waals surface area contributed by atoms with E-state index in [1.54, 1.807) is 10.6 Å². The van der Waals surface area contributed by atoms with E-state index in [0.717, 1.165) is 29.7 Å². The van der Waals surface area contributed by atoms with Gasteiger partial charge in [-0.2, -0.15) is 0 Å². The summed E-state index contributed by atoms with van der Waals surface area (Å²) < 4.78 is 1.66. The van der Waals surface area contributed by atoms with E-state index in [1.807, 2.05) is 51.1 Å². The fraction of sp³-hybridized carbons (Fsp3) is 0.400. The first-order valence-electron chi connectivity index (χ1n) is 11.0. The first-order chi connectivity index (χ1) is 14.9. The maximum Gasteiger partial charge on any atom is 0.266 e. The van der Waals surface area contributed by atoms with Gasteiger partial charge in [0.15, 0.2) is 5.16 Å². The lowest BCUT2D eigenvalue weighted by atomic mass is 9.95. The van der Waals surface area contributed by atoms with Gasteiger partial charge in [-0.25, -0.2) is 4.98 Å². The number of aromatic nitrogens is 2. The Bertz CT molecular complexity index is 1170. The van der Waals surface area contributed by atoms with Crippen LogP contribution in [0.3, 0.4) is 0 Å². The highest BCUT2D eigenvalue weighted by Crippen LogP contribution is 2.27. The average Bonchev–Trinajstić information content (AvgIpc) is 2.75. The van der Waals surface area contributed by atoms with Crippen LogP contribution in [0.1, 0.15) is 50.2 Å². The van der Waals surface area contributed by atoms with Crippen LogP contribution in [0.15, 0.2) is 52.4 Å². The van der Waals surface area contributed by atoms with Crippen molar-refractivity contribution in [3.63, 3.8) is 0 Å². The Hall–Kier alpha value is -2.60. The number of thioether (sulfide) groups is 1. The molecule has 31 heavy (non-hydrogen) atoms. The van der Waals surface area contributed by atoms with Crippen molar-refractivity contribution in [3.8, 4) is 5.69 Å². The van der Waals surface area contributed by atoms with Crippen molar-refractivity contribution in [2.45, 2.75) is 69.3 Å². The lowest BCUT2D eigenvalue weighted by molar-refractivity contribution is -0.121. The normalized spacial score (nSPS) is 15.7. The van der Waals surface area contributed by atoms with Crippen LogP contribution < -0.4 is 10.9 Å². The van der Waals surface area contributed by atoms with Gasteiger partial charge in [0, 0.05) is 6.04 Å². The SMILES string of the molecule is Cc1ccc(-n2c(SC(C)C(=O)NC3CCCCC3)nc3ccccc3c2=O)c(C)c1. The molecule has 0 radical (unpaired) electrons. The molecule has 1 aromatic heterocycles. The molecule has 1 unspecified atom stereocenters. The summed E-state index contributed by atoms with van der Waals surface area (Å²) in [7, 11) is 0. The molecule has 1 aliphatic carbocycles. The molecule has 1 amide bonds. The molecule has 1 saturated carbocycles. The molecule has 0 bridgehead atoms. The van der Waals surface area contributed by atoms with E-state index in [2.05, 4.69) is 11.4 Å². The highest BCUT2D eigenvalue weighted by Gasteiger charge is 2.23. The van der Waals surface area contributed by atoms with Gasteiger partial charge in [0.1, 0.15) is 0 Å². The van der Waals surface area contributed by atoms with E-state index in [0.29, 0.717) is 16.1 Å². The summed E-state index contributed by atoms with van der Waals surface area (Å²) in [5, 5.41) is 3.96. The van der Waals surface area contributed by atoms with Crippen molar-refractivity contribution < 1.29 is 4.79 Å². The van der Waals surface area contributed by atoms with Crippen molar-refractivity contribution in [1.29, 1.82) is 0 Å². The summed E-state index contributed by atoms with van der Waals surface area (Å²) in [5.41, 5.74) is 3.48. The first-order valence-corrected chi connectivity index (χ1v) is 11.9. The maximum absolute atomic E-state index is 13.5. The van der Waals surface area contributed by atoms with E-state index in [-0.39, 0.29) is 22.8 Å². The van der Waals surface area contributed by atoms with Gasteiger partial charge in [0.2, 0.25) is 5.91 Å². The van der Waals surface area contributed by atoms with Gasteiger partial charge >= 0.3 is 0 Å². The molecule has 0 saturated heterocycles. The molecule has 4 rings (SSSR count). The molecule has 1 aliphatic rings. The van der Waals surface area contributed by atoms with Crippen LogP contribution in [0, 0.1) is 13.8 Å². The van der Waals surface area contributed by atoms with Crippen LogP contribution in [0.2, 0.25) is 0 Å². The number of carbonyl (C=O) groups excluding carboxylic acids is 1. The first kappa shape index (κ1) is 21.6. The smallest absolute Gasteiger partial charge is 0.266 e. The maximum atomic E-state index is 13.5. The molecule has 0 spiro atoms. The minimum atomic E-state index is -0.355. The molecular formula is C25H29N3O2S. The number of para-hydroxylation sites is 1. The number of carbonyl (C=O) groups is 1. The van der Waals surface area contributed by atoms with E-state index in [4.69, 9.17) is 4.98 Å². The number of hydrogen-bond donors (Lipinski definition) is 1. The van der Waals surface area contributed by atoms with Crippen LogP contribution in [0.4, 0.5) is 0 Å². The van der Waals surface area contributed by atoms with Crippen molar-refractivity contribution in [2.24, 2.45) is 0 Å². The molecule has 1 fully saturated rings. The highest BCUT2D eigenvalue weighted by molar-refractivity contribution is 8.00. The Kier molecular flexibility index (Phi) is 6.46. The van der Waals surface area contributed by atoms with Crippen LogP contribution in [0.5, 0.6) is 0 Å². The zero-order valence-corrected chi connectivity index (χ0v) is 19.2. The number of fused-ring (bicyclic) bond motifs is 1. The Morgan fingerprint density at radius 2 is 1.87 bits per heavy atom. The fourth-order valence-corrected chi connectivity index (χ4v) is 5.17. The Balaban J connectivity index is 1.72. The Labute approximate surface area is 187 Å². The van der Waals surface area contributed by atoms with Crippen molar-refractivity contribution in [3.05, 3.63) is 63.9 Å². The van der Waals surface area contributed by atoms with Crippen LogP contribution in [-0.2, 0) is 4.79 Å². The predicted molar refractivity (Wildman–Crippen MR) is 127 cm³/mol. The van der Waals surface area contributed by atoms with Crippen LogP contribution >= 0.6 is 11.8 Å². The lowest BCUT2D eigenvalue weighted by Gasteiger charge is -2.24. The number of rotatable bonds is 5. The van der Waals surface area contributed by atoms with Crippen molar-refractivity contribution >= 4 is 28.6 Å². The number of amides is 1. The number of hydrogen-bond acceptors (Lipinski definition) is 4. The average molecular weight is 436 g/mol. The number of nitrogens with one attached hydrogen (secondary N) is 1. The molecule has 1 heterocycles. The summed E-state index contributed by atoms with van der Waals surface area (Å²) in [6.45, 7) is 5.92. The summed E-state index contributed by atoms with van der Waals surface area (Å²) >= 11 is 1.34. The quantitative estimate of drug-likeness (QED) is 0.456. The van der Waals surface area contributed by atoms with Gasteiger partial charge < -0.3 is 5.32 Å².